The Bertz CT molecular complexity index is 1310. The number of amides is 1. The number of benzene rings is 2. The normalized spacial score (nSPS) is 11.9. The smallest absolute Gasteiger partial charge is 0.258 e. The second-order valence-electron chi connectivity index (χ2n) is 7.49. The lowest BCUT2D eigenvalue weighted by Gasteiger charge is -2.17. The van der Waals surface area contributed by atoms with E-state index in [1.54, 1.807) is 25.2 Å². The molecule has 9 nitrogen and oxygen atoms in total. The van der Waals surface area contributed by atoms with Crippen molar-refractivity contribution in [2.75, 3.05) is 33.0 Å². The Hall–Kier alpha value is -2.79. The number of carbonyl (C=O) groups excluding carboxylic acids is 1. The van der Waals surface area contributed by atoms with Crippen LogP contribution in [-0.2, 0) is 21.4 Å². The van der Waals surface area contributed by atoms with Gasteiger partial charge < -0.3 is 10.3 Å². The lowest BCUT2D eigenvalue weighted by atomic mass is 10.2. The Morgan fingerprint density at radius 3 is 2.59 bits per heavy atom. The minimum absolute atomic E-state index is 0.0330. The summed E-state index contributed by atoms with van der Waals surface area (Å²) in [6.07, 6.45) is 0.134. The van der Waals surface area contributed by atoms with Crippen molar-refractivity contribution in [2.45, 2.75) is 17.9 Å². The minimum atomic E-state index is -3.65. The largest absolute Gasteiger partial charge is 0.325 e. The second kappa shape index (κ2) is 9.78. The first kappa shape index (κ1) is 23.9. The van der Waals surface area contributed by atoms with Crippen LogP contribution in [0.1, 0.15) is 12.2 Å². The van der Waals surface area contributed by atoms with E-state index in [1.807, 2.05) is 11.0 Å². The third-order valence-corrected chi connectivity index (χ3v) is 6.93. The van der Waals surface area contributed by atoms with Crippen molar-refractivity contribution < 1.29 is 13.2 Å². The van der Waals surface area contributed by atoms with Crippen molar-refractivity contribution in [3.05, 3.63) is 63.7 Å². The zero-order chi connectivity index (χ0) is 23.5. The number of para-hydroxylation sites is 1. The molecule has 0 fully saturated rings. The number of nitrogens with zero attached hydrogens (tertiary/aromatic N) is 3. The standard InChI is InChI=1S/C21H24ClN5O4S/c1-26(2)32(30,31)14-8-9-16(22)18(12-14)24-20(28)10-11-27(3)13-19-23-17-7-5-4-6-15(17)21(29)25-19/h4-9,12H,10-11,13H2,1-3H3,(H,24,28)(H,23,25,29). The van der Waals surface area contributed by atoms with Crippen molar-refractivity contribution in [3.8, 4) is 0 Å². The number of nitrogens with one attached hydrogen (secondary N) is 2. The van der Waals surface area contributed by atoms with E-state index in [-0.39, 0.29) is 33.5 Å². The van der Waals surface area contributed by atoms with Gasteiger partial charge in [-0.1, -0.05) is 23.7 Å². The number of sulfonamides is 1. The first-order valence-corrected chi connectivity index (χ1v) is 11.6. The van der Waals surface area contributed by atoms with Crippen LogP contribution in [0.4, 0.5) is 5.69 Å². The summed E-state index contributed by atoms with van der Waals surface area (Å²) in [4.78, 5) is 33.7. The third-order valence-electron chi connectivity index (χ3n) is 4.79. The number of carbonyl (C=O) groups is 1. The van der Waals surface area contributed by atoms with Crippen LogP contribution in [0.5, 0.6) is 0 Å². The average molecular weight is 478 g/mol. The molecule has 32 heavy (non-hydrogen) atoms. The maximum atomic E-state index is 12.4. The van der Waals surface area contributed by atoms with Gasteiger partial charge in [-0.05, 0) is 37.4 Å². The summed E-state index contributed by atoms with van der Waals surface area (Å²) < 4.78 is 25.7. The summed E-state index contributed by atoms with van der Waals surface area (Å²) in [5.41, 5.74) is 0.626. The zero-order valence-corrected chi connectivity index (χ0v) is 19.5. The molecular weight excluding hydrogens is 454 g/mol. The van der Waals surface area contributed by atoms with E-state index in [0.29, 0.717) is 29.8 Å². The molecule has 170 valence electrons. The second-order valence-corrected chi connectivity index (χ2v) is 10.1. The molecule has 0 aliphatic rings. The maximum Gasteiger partial charge on any atom is 0.258 e. The van der Waals surface area contributed by atoms with E-state index in [9.17, 15) is 18.0 Å². The van der Waals surface area contributed by atoms with Crippen molar-refractivity contribution in [1.82, 2.24) is 19.2 Å². The van der Waals surface area contributed by atoms with Crippen LogP contribution in [0.25, 0.3) is 10.9 Å². The molecule has 1 amide bonds. The van der Waals surface area contributed by atoms with E-state index >= 15 is 0 Å². The molecule has 2 aromatic carbocycles. The van der Waals surface area contributed by atoms with Crippen LogP contribution in [0.3, 0.4) is 0 Å². The maximum absolute atomic E-state index is 12.4. The number of aromatic nitrogens is 2. The lowest BCUT2D eigenvalue weighted by Crippen LogP contribution is -2.26. The summed E-state index contributed by atoms with van der Waals surface area (Å²) in [6, 6.07) is 11.2. The number of aromatic amines is 1. The van der Waals surface area contributed by atoms with Crippen LogP contribution in [0.15, 0.2) is 52.2 Å². The van der Waals surface area contributed by atoms with Gasteiger partial charge in [0.05, 0.1) is 33.1 Å². The molecule has 0 bridgehead atoms. The number of H-pyrrole nitrogens is 1. The van der Waals surface area contributed by atoms with Gasteiger partial charge in [-0.2, -0.15) is 0 Å². The SMILES string of the molecule is CN(CCC(=O)Nc1cc(S(=O)(=O)N(C)C)ccc1Cl)Cc1nc2ccccc2c(=O)[nH]1. The van der Waals surface area contributed by atoms with Crippen LogP contribution in [-0.4, -0.2) is 61.2 Å². The molecule has 1 aromatic heterocycles. The molecule has 0 aliphatic carbocycles. The molecule has 1 heterocycles. The number of anilines is 1. The third kappa shape index (κ3) is 5.52. The molecule has 0 atom stereocenters. The monoisotopic (exact) mass is 477 g/mol. The molecule has 0 saturated heterocycles. The molecule has 0 unspecified atom stereocenters. The predicted molar refractivity (Wildman–Crippen MR) is 124 cm³/mol. The van der Waals surface area contributed by atoms with Gasteiger partial charge in [0.2, 0.25) is 15.9 Å². The van der Waals surface area contributed by atoms with E-state index in [1.165, 1.54) is 32.3 Å². The van der Waals surface area contributed by atoms with Gasteiger partial charge in [0.25, 0.3) is 5.56 Å². The fourth-order valence-corrected chi connectivity index (χ4v) is 4.11. The number of rotatable bonds is 8. The molecule has 0 saturated carbocycles. The Morgan fingerprint density at radius 2 is 1.88 bits per heavy atom. The van der Waals surface area contributed by atoms with Gasteiger partial charge in [-0.3, -0.25) is 14.5 Å². The molecule has 3 rings (SSSR count). The van der Waals surface area contributed by atoms with Gasteiger partial charge in [0.1, 0.15) is 5.82 Å². The van der Waals surface area contributed by atoms with Crippen LogP contribution >= 0.6 is 11.6 Å². The summed E-state index contributed by atoms with van der Waals surface area (Å²) in [5, 5.41) is 3.42. The highest BCUT2D eigenvalue weighted by atomic mass is 35.5. The summed E-state index contributed by atoms with van der Waals surface area (Å²) in [7, 11) is 1.01. The number of hydrogen-bond acceptors (Lipinski definition) is 6. The summed E-state index contributed by atoms with van der Waals surface area (Å²) >= 11 is 6.13. The molecule has 0 radical (unpaired) electrons. The van der Waals surface area contributed by atoms with Gasteiger partial charge in [0.15, 0.2) is 0 Å². The van der Waals surface area contributed by atoms with Gasteiger partial charge >= 0.3 is 0 Å². The lowest BCUT2D eigenvalue weighted by molar-refractivity contribution is -0.116. The predicted octanol–water partition coefficient (Wildman–Crippen LogP) is 2.29. The van der Waals surface area contributed by atoms with E-state index in [2.05, 4.69) is 15.3 Å². The highest BCUT2D eigenvalue weighted by Crippen LogP contribution is 2.26. The molecule has 0 aliphatic heterocycles. The molecule has 2 N–H and O–H groups in total. The summed E-state index contributed by atoms with van der Waals surface area (Å²) in [6.45, 7) is 0.736. The molecule has 0 spiro atoms. The molecule has 3 aromatic rings. The Kier molecular flexibility index (Phi) is 7.29. The van der Waals surface area contributed by atoms with Gasteiger partial charge in [-0.15, -0.1) is 0 Å². The van der Waals surface area contributed by atoms with E-state index < -0.39 is 10.0 Å². The fourth-order valence-electron chi connectivity index (χ4n) is 3.02. The van der Waals surface area contributed by atoms with Crippen molar-refractivity contribution in [1.29, 1.82) is 0 Å². The molecular formula is C21H24ClN5O4S. The fraction of sp³-hybridized carbons (Fsp3) is 0.286. The van der Waals surface area contributed by atoms with Crippen LogP contribution in [0, 0.1) is 0 Å². The number of halogens is 1. The topological polar surface area (TPSA) is 115 Å². The van der Waals surface area contributed by atoms with Crippen molar-refractivity contribution >= 4 is 44.1 Å². The quantitative estimate of drug-likeness (QED) is 0.514. The van der Waals surface area contributed by atoms with Crippen molar-refractivity contribution in [2.24, 2.45) is 0 Å². The molecule has 11 heteroatoms. The van der Waals surface area contributed by atoms with E-state index in [0.717, 1.165) is 4.31 Å². The highest BCUT2D eigenvalue weighted by molar-refractivity contribution is 7.89. The first-order chi connectivity index (χ1) is 15.1. The van der Waals surface area contributed by atoms with Gasteiger partial charge in [-0.25, -0.2) is 17.7 Å². The average Bonchev–Trinajstić information content (AvgIpc) is 2.73. The first-order valence-electron chi connectivity index (χ1n) is 9.76. The van der Waals surface area contributed by atoms with Crippen LogP contribution in [0.2, 0.25) is 5.02 Å². The minimum Gasteiger partial charge on any atom is -0.325 e. The Balaban J connectivity index is 1.62. The van der Waals surface area contributed by atoms with E-state index in [4.69, 9.17) is 11.6 Å². The zero-order valence-electron chi connectivity index (χ0n) is 17.9. The van der Waals surface area contributed by atoms with Crippen molar-refractivity contribution in [3.63, 3.8) is 0 Å². The Morgan fingerprint density at radius 1 is 1.16 bits per heavy atom. The van der Waals surface area contributed by atoms with Gasteiger partial charge in [0, 0.05) is 27.1 Å². The van der Waals surface area contributed by atoms with Crippen LogP contribution < -0.4 is 10.9 Å². The highest BCUT2D eigenvalue weighted by Gasteiger charge is 2.19. The summed E-state index contributed by atoms with van der Waals surface area (Å²) in [5.74, 6) is 0.180. The number of hydrogen-bond donors (Lipinski definition) is 2. The number of fused-ring (bicyclic) bond motifs is 1. The Labute approximate surface area is 191 Å².